The second kappa shape index (κ2) is 9.49. The van der Waals surface area contributed by atoms with Gasteiger partial charge < -0.3 is 5.32 Å². The number of nitrogens with one attached hydrogen (secondary N) is 1. The maximum absolute atomic E-state index is 12.7. The third-order valence-electron chi connectivity index (χ3n) is 4.76. The van der Waals surface area contributed by atoms with Crippen LogP contribution in [0.15, 0.2) is 6.20 Å². The van der Waals surface area contributed by atoms with Crippen molar-refractivity contribution in [3.05, 3.63) is 11.8 Å². The minimum absolute atomic E-state index is 0.0512. The zero-order valence-electron chi connectivity index (χ0n) is 14.5. The van der Waals surface area contributed by atoms with Crippen LogP contribution in [-0.4, -0.2) is 21.3 Å². The molecule has 0 bridgehead atoms. The first-order valence-electron chi connectivity index (χ1n) is 8.62. The molecule has 5 nitrogen and oxygen atoms in total. The second-order valence-electron chi connectivity index (χ2n) is 5.91. The molecule has 0 aromatic carbocycles. The minimum atomic E-state index is -0.315. The van der Waals surface area contributed by atoms with E-state index < -0.39 is 0 Å². The first kappa shape index (κ1) is 18.5. The number of hydrogen-bond donors (Lipinski definition) is 1. The molecule has 1 amide bonds. The Kier molecular flexibility index (Phi) is 7.99. The Balaban J connectivity index is 2.78. The van der Waals surface area contributed by atoms with E-state index in [0.717, 1.165) is 37.7 Å². The van der Waals surface area contributed by atoms with Crippen LogP contribution in [0.1, 0.15) is 78.2 Å². The molecule has 0 fully saturated rings. The van der Waals surface area contributed by atoms with Gasteiger partial charge in [-0.25, -0.2) is 0 Å². The highest BCUT2D eigenvalue weighted by Gasteiger charge is 2.33. The van der Waals surface area contributed by atoms with E-state index in [4.69, 9.17) is 0 Å². The molecule has 1 N–H and O–H groups in total. The van der Waals surface area contributed by atoms with Crippen molar-refractivity contribution in [3.63, 3.8) is 0 Å². The fourth-order valence-electron chi connectivity index (χ4n) is 2.79. The number of unbranched alkanes of at least 4 members (excludes halogenated alkanes) is 3. The van der Waals surface area contributed by atoms with Gasteiger partial charge in [0.05, 0.1) is 6.20 Å². The number of carbonyl (C=O) groups excluding carboxylic acids is 1. The Morgan fingerprint density at radius 3 is 2.36 bits per heavy atom. The van der Waals surface area contributed by atoms with E-state index in [2.05, 4.69) is 48.4 Å². The summed E-state index contributed by atoms with van der Waals surface area (Å²) in [7, 11) is 0. The standard InChI is InChI=1S/C17H30N4O/c1-5-9-10-11-12-14-13-18-21-20-15(14)19-16(22)17(6-2,7-3)8-4/h13H,5-12H2,1-4H3,(H,18,19,20,22). The Bertz CT molecular complexity index is 449. The highest BCUT2D eigenvalue weighted by Crippen LogP contribution is 2.32. The van der Waals surface area contributed by atoms with Gasteiger partial charge in [0.25, 0.3) is 0 Å². The number of nitrogens with zero attached hydrogens (tertiary/aromatic N) is 3. The van der Waals surface area contributed by atoms with Gasteiger partial charge >= 0.3 is 0 Å². The van der Waals surface area contributed by atoms with Gasteiger partial charge in [0.2, 0.25) is 5.91 Å². The SMILES string of the molecule is CCCCCCc1cnnnc1NC(=O)C(CC)(CC)CC. The summed E-state index contributed by atoms with van der Waals surface area (Å²) in [6, 6.07) is 0. The van der Waals surface area contributed by atoms with Gasteiger partial charge in [0.15, 0.2) is 5.82 Å². The van der Waals surface area contributed by atoms with Gasteiger partial charge in [0, 0.05) is 11.0 Å². The lowest BCUT2D eigenvalue weighted by Gasteiger charge is -2.28. The van der Waals surface area contributed by atoms with E-state index >= 15 is 0 Å². The van der Waals surface area contributed by atoms with Gasteiger partial charge in [-0.15, -0.1) is 10.2 Å². The van der Waals surface area contributed by atoms with Crippen LogP contribution in [0.5, 0.6) is 0 Å². The van der Waals surface area contributed by atoms with Crippen LogP contribution in [0, 0.1) is 5.41 Å². The quantitative estimate of drug-likeness (QED) is 0.659. The van der Waals surface area contributed by atoms with Crippen LogP contribution in [-0.2, 0) is 11.2 Å². The lowest BCUT2D eigenvalue weighted by atomic mass is 9.79. The van der Waals surface area contributed by atoms with Crippen molar-refractivity contribution in [2.45, 2.75) is 79.1 Å². The molecule has 0 aliphatic heterocycles. The Morgan fingerprint density at radius 2 is 1.77 bits per heavy atom. The van der Waals surface area contributed by atoms with Gasteiger partial charge in [-0.1, -0.05) is 47.0 Å². The van der Waals surface area contributed by atoms with Crippen LogP contribution in [0.4, 0.5) is 5.82 Å². The second-order valence-corrected chi connectivity index (χ2v) is 5.91. The van der Waals surface area contributed by atoms with Crippen molar-refractivity contribution in [2.24, 2.45) is 5.41 Å². The molecule has 0 aliphatic carbocycles. The van der Waals surface area contributed by atoms with Crippen LogP contribution in [0.25, 0.3) is 0 Å². The molecule has 1 heterocycles. The number of aromatic nitrogens is 3. The molecule has 5 heteroatoms. The van der Waals surface area contributed by atoms with Crippen LogP contribution >= 0.6 is 0 Å². The molecule has 124 valence electrons. The molecular weight excluding hydrogens is 276 g/mol. The predicted octanol–water partition coefficient (Wildman–Crippen LogP) is 4.15. The fraction of sp³-hybridized carbons (Fsp3) is 0.765. The Hall–Kier alpha value is -1.52. The molecule has 0 saturated heterocycles. The molecule has 1 rings (SSSR count). The normalized spacial score (nSPS) is 11.5. The average Bonchev–Trinajstić information content (AvgIpc) is 2.55. The monoisotopic (exact) mass is 306 g/mol. The van der Waals surface area contributed by atoms with Crippen molar-refractivity contribution in [1.29, 1.82) is 0 Å². The number of hydrogen-bond acceptors (Lipinski definition) is 4. The van der Waals surface area contributed by atoms with E-state index in [1.54, 1.807) is 6.20 Å². The molecule has 1 aromatic heterocycles. The topological polar surface area (TPSA) is 67.8 Å². The third kappa shape index (κ3) is 4.75. The summed E-state index contributed by atoms with van der Waals surface area (Å²) < 4.78 is 0. The minimum Gasteiger partial charge on any atom is -0.308 e. The number of rotatable bonds is 10. The maximum atomic E-state index is 12.7. The lowest BCUT2D eigenvalue weighted by Crippen LogP contribution is -2.35. The van der Waals surface area contributed by atoms with Crippen molar-refractivity contribution in [2.75, 3.05) is 5.32 Å². The average molecular weight is 306 g/mol. The summed E-state index contributed by atoms with van der Waals surface area (Å²) in [5, 5.41) is 14.6. The highest BCUT2D eigenvalue weighted by molar-refractivity contribution is 5.94. The summed E-state index contributed by atoms with van der Waals surface area (Å²) in [6.07, 6.45) is 9.82. The molecular formula is C17H30N4O. The van der Waals surface area contributed by atoms with Crippen molar-refractivity contribution < 1.29 is 4.79 Å². The molecule has 1 aromatic rings. The van der Waals surface area contributed by atoms with Gasteiger partial charge in [0.1, 0.15) is 0 Å². The van der Waals surface area contributed by atoms with Crippen molar-refractivity contribution in [3.8, 4) is 0 Å². The van der Waals surface area contributed by atoms with E-state index in [1.807, 2.05) is 0 Å². The molecule has 0 radical (unpaired) electrons. The van der Waals surface area contributed by atoms with Gasteiger partial charge in [-0.3, -0.25) is 4.79 Å². The number of aryl methyl sites for hydroxylation is 1. The van der Waals surface area contributed by atoms with Crippen LogP contribution < -0.4 is 5.32 Å². The molecule has 0 saturated carbocycles. The fourth-order valence-corrected chi connectivity index (χ4v) is 2.79. The first-order valence-corrected chi connectivity index (χ1v) is 8.62. The molecule has 0 aliphatic rings. The maximum Gasteiger partial charge on any atom is 0.231 e. The van der Waals surface area contributed by atoms with E-state index in [0.29, 0.717) is 5.82 Å². The predicted molar refractivity (Wildman–Crippen MR) is 89.6 cm³/mol. The first-order chi connectivity index (χ1) is 10.6. The number of anilines is 1. The molecule has 0 unspecified atom stereocenters. The van der Waals surface area contributed by atoms with Gasteiger partial charge in [-0.2, -0.15) is 0 Å². The summed E-state index contributed by atoms with van der Waals surface area (Å²) in [5.74, 6) is 0.631. The molecule has 0 spiro atoms. The molecule has 22 heavy (non-hydrogen) atoms. The highest BCUT2D eigenvalue weighted by atomic mass is 16.2. The largest absolute Gasteiger partial charge is 0.308 e. The Morgan fingerprint density at radius 1 is 1.09 bits per heavy atom. The van der Waals surface area contributed by atoms with E-state index in [1.165, 1.54) is 19.3 Å². The van der Waals surface area contributed by atoms with E-state index in [-0.39, 0.29) is 11.3 Å². The third-order valence-corrected chi connectivity index (χ3v) is 4.76. The van der Waals surface area contributed by atoms with Gasteiger partial charge in [-0.05, 0) is 37.3 Å². The Labute approximate surface area is 134 Å². The zero-order valence-corrected chi connectivity index (χ0v) is 14.5. The van der Waals surface area contributed by atoms with Crippen LogP contribution in [0.2, 0.25) is 0 Å². The summed E-state index contributed by atoms with van der Waals surface area (Å²) in [6.45, 7) is 8.39. The van der Waals surface area contributed by atoms with E-state index in [9.17, 15) is 4.79 Å². The number of carbonyl (C=O) groups is 1. The van der Waals surface area contributed by atoms with Crippen molar-refractivity contribution in [1.82, 2.24) is 15.4 Å². The summed E-state index contributed by atoms with van der Waals surface area (Å²) in [5.41, 5.74) is 0.668. The van der Waals surface area contributed by atoms with Crippen molar-refractivity contribution >= 4 is 11.7 Å². The van der Waals surface area contributed by atoms with Crippen LogP contribution in [0.3, 0.4) is 0 Å². The summed E-state index contributed by atoms with van der Waals surface area (Å²) in [4.78, 5) is 12.7. The lowest BCUT2D eigenvalue weighted by molar-refractivity contribution is -0.126. The molecule has 0 atom stereocenters. The zero-order chi connectivity index (χ0) is 16.4. The smallest absolute Gasteiger partial charge is 0.231 e. The summed E-state index contributed by atoms with van der Waals surface area (Å²) >= 11 is 0. The number of amides is 1.